The molecule has 1 heterocycles. The topological polar surface area (TPSA) is 58.1 Å². The summed E-state index contributed by atoms with van der Waals surface area (Å²) < 4.78 is 0. The van der Waals surface area contributed by atoms with Gasteiger partial charge in [0.15, 0.2) is 5.69 Å². The van der Waals surface area contributed by atoms with Gasteiger partial charge in [-0.25, -0.2) is 0 Å². The Balaban J connectivity index is 1.54. The normalized spacial score (nSPS) is 10.4. The minimum absolute atomic E-state index is 0.146. The Labute approximate surface area is 160 Å². The predicted octanol–water partition coefficient (Wildman–Crippen LogP) is 4.19. The van der Waals surface area contributed by atoms with Gasteiger partial charge in [0, 0.05) is 18.8 Å². The second kappa shape index (κ2) is 9.48. The SMILES string of the molecule is CCN(C(=O)c1ccc(NCCCc2ccccc2)nn1)c1ccccc1. The van der Waals surface area contributed by atoms with Crippen molar-refractivity contribution in [1.82, 2.24) is 10.2 Å². The quantitative estimate of drug-likeness (QED) is 0.612. The molecule has 5 nitrogen and oxygen atoms in total. The van der Waals surface area contributed by atoms with E-state index < -0.39 is 0 Å². The van der Waals surface area contributed by atoms with Gasteiger partial charge >= 0.3 is 0 Å². The van der Waals surface area contributed by atoms with Crippen LogP contribution >= 0.6 is 0 Å². The van der Waals surface area contributed by atoms with Crippen molar-refractivity contribution in [2.45, 2.75) is 19.8 Å². The Kier molecular flexibility index (Phi) is 6.52. The number of amides is 1. The fourth-order valence-corrected chi connectivity index (χ4v) is 2.88. The van der Waals surface area contributed by atoms with Crippen molar-refractivity contribution >= 4 is 17.4 Å². The number of anilines is 2. The zero-order valence-electron chi connectivity index (χ0n) is 15.5. The molecule has 0 unspecified atom stereocenters. The highest BCUT2D eigenvalue weighted by atomic mass is 16.2. The molecule has 138 valence electrons. The number of nitrogens with zero attached hydrogens (tertiary/aromatic N) is 3. The molecule has 0 saturated heterocycles. The molecule has 0 radical (unpaired) electrons. The molecule has 0 spiro atoms. The van der Waals surface area contributed by atoms with Crippen molar-refractivity contribution in [2.24, 2.45) is 0 Å². The second-order valence-corrected chi connectivity index (χ2v) is 6.20. The highest BCUT2D eigenvalue weighted by molar-refractivity contribution is 6.04. The van der Waals surface area contributed by atoms with Crippen LogP contribution in [0.15, 0.2) is 72.8 Å². The van der Waals surface area contributed by atoms with Crippen molar-refractivity contribution in [3.8, 4) is 0 Å². The van der Waals surface area contributed by atoms with Gasteiger partial charge in [0.25, 0.3) is 5.91 Å². The van der Waals surface area contributed by atoms with Gasteiger partial charge in [0.2, 0.25) is 0 Å². The van der Waals surface area contributed by atoms with Crippen LogP contribution in [0.3, 0.4) is 0 Å². The van der Waals surface area contributed by atoms with Gasteiger partial charge in [0.1, 0.15) is 5.82 Å². The highest BCUT2D eigenvalue weighted by Gasteiger charge is 2.17. The molecule has 0 bridgehead atoms. The first-order valence-corrected chi connectivity index (χ1v) is 9.26. The fourth-order valence-electron chi connectivity index (χ4n) is 2.88. The van der Waals surface area contributed by atoms with Crippen LogP contribution in [0.2, 0.25) is 0 Å². The molecule has 1 N–H and O–H groups in total. The lowest BCUT2D eigenvalue weighted by atomic mass is 10.1. The average molecular weight is 360 g/mol. The van der Waals surface area contributed by atoms with Crippen molar-refractivity contribution in [3.05, 3.63) is 84.1 Å². The number of para-hydroxylation sites is 1. The zero-order valence-corrected chi connectivity index (χ0v) is 15.5. The van der Waals surface area contributed by atoms with E-state index in [0.29, 0.717) is 18.1 Å². The first-order chi connectivity index (χ1) is 13.3. The molecular formula is C22H24N4O. The van der Waals surface area contributed by atoms with Crippen molar-refractivity contribution < 1.29 is 4.79 Å². The maximum absolute atomic E-state index is 12.7. The number of benzene rings is 2. The fraction of sp³-hybridized carbons (Fsp3) is 0.227. The van der Waals surface area contributed by atoms with Crippen molar-refractivity contribution in [2.75, 3.05) is 23.3 Å². The summed E-state index contributed by atoms with van der Waals surface area (Å²) in [4.78, 5) is 14.4. The van der Waals surface area contributed by atoms with Crippen LogP contribution in [0.1, 0.15) is 29.4 Å². The number of rotatable bonds is 8. The molecular weight excluding hydrogens is 336 g/mol. The minimum Gasteiger partial charge on any atom is -0.369 e. The lowest BCUT2D eigenvalue weighted by Gasteiger charge is -2.20. The smallest absolute Gasteiger partial charge is 0.278 e. The first-order valence-electron chi connectivity index (χ1n) is 9.26. The summed E-state index contributed by atoms with van der Waals surface area (Å²) in [6.45, 7) is 3.33. The van der Waals surface area contributed by atoms with Crippen LogP contribution in [0.4, 0.5) is 11.5 Å². The number of aromatic nitrogens is 2. The summed E-state index contributed by atoms with van der Waals surface area (Å²) in [5.74, 6) is 0.536. The van der Waals surface area contributed by atoms with E-state index in [9.17, 15) is 4.79 Å². The van der Waals surface area contributed by atoms with E-state index in [-0.39, 0.29) is 5.91 Å². The lowest BCUT2D eigenvalue weighted by molar-refractivity contribution is 0.0982. The maximum Gasteiger partial charge on any atom is 0.278 e. The van der Waals surface area contributed by atoms with Gasteiger partial charge in [0.05, 0.1) is 0 Å². The third-order valence-corrected chi connectivity index (χ3v) is 4.30. The van der Waals surface area contributed by atoms with E-state index in [2.05, 4.69) is 39.8 Å². The van der Waals surface area contributed by atoms with Crippen LogP contribution in [-0.4, -0.2) is 29.2 Å². The Morgan fingerprint density at radius 2 is 1.63 bits per heavy atom. The molecule has 0 fully saturated rings. The van der Waals surface area contributed by atoms with Crippen LogP contribution in [0.5, 0.6) is 0 Å². The highest BCUT2D eigenvalue weighted by Crippen LogP contribution is 2.16. The zero-order chi connectivity index (χ0) is 18.9. The number of carbonyl (C=O) groups excluding carboxylic acids is 1. The molecule has 2 aromatic carbocycles. The Morgan fingerprint density at radius 3 is 2.26 bits per heavy atom. The van der Waals surface area contributed by atoms with Gasteiger partial charge in [-0.1, -0.05) is 48.5 Å². The molecule has 5 heteroatoms. The van der Waals surface area contributed by atoms with E-state index >= 15 is 0 Å². The van der Waals surface area contributed by atoms with Crippen molar-refractivity contribution in [1.29, 1.82) is 0 Å². The summed E-state index contributed by atoms with van der Waals surface area (Å²) >= 11 is 0. The molecule has 0 saturated carbocycles. The van der Waals surface area contributed by atoms with Crippen LogP contribution in [0, 0.1) is 0 Å². The van der Waals surface area contributed by atoms with Gasteiger partial charge in [-0.15, -0.1) is 10.2 Å². The lowest BCUT2D eigenvalue weighted by Crippen LogP contribution is -2.31. The number of aryl methyl sites for hydroxylation is 1. The van der Waals surface area contributed by atoms with E-state index in [4.69, 9.17) is 0 Å². The monoisotopic (exact) mass is 360 g/mol. The van der Waals surface area contributed by atoms with E-state index in [0.717, 1.165) is 25.1 Å². The molecule has 1 amide bonds. The summed E-state index contributed by atoms with van der Waals surface area (Å²) in [6.07, 6.45) is 2.02. The maximum atomic E-state index is 12.7. The van der Waals surface area contributed by atoms with Crippen LogP contribution in [-0.2, 0) is 6.42 Å². The Bertz CT molecular complexity index is 835. The van der Waals surface area contributed by atoms with Gasteiger partial charge in [-0.3, -0.25) is 4.79 Å². The average Bonchev–Trinajstić information content (AvgIpc) is 2.74. The van der Waals surface area contributed by atoms with Gasteiger partial charge in [-0.2, -0.15) is 0 Å². The Hall–Kier alpha value is -3.21. The van der Waals surface area contributed by atoms with Gasteiger partial charge < -0.3 is 10.2 Å². The molecule has 3 rings (SSSR count). The Morgan fingerprint density at radius 1 is 0.926 bits per heavy atom. The molecule has 3 aromatic rings. The summed E-state index contributed by atoms with van der Waals surface area (Å²) in [6, 6.07) is 23.5. The molecule has 0 aliphatic rings. The third-order valence-electron chi connectivity index (χ3n) is 4.30. The predicted molar refractivity (Wildman–Crippen MR) is 109 cm³/mol. The summed E-state index contributed by atoms with van der Waals surface area (Å²) in [5, 5.41) is 11.5. The standard InChI is InChI=1S/C22H24N4O/c1-2-26(19-13-7-4-8-14-19)22(27)20-15-16-21(25-24-20)23-17-9-12-18-10-5-3-6-11-18/h3-8,10-11,13-16H,2,9,12,17H2,1H3,(H,23,25). The number of nitrogens with one attached hydrogen (secondary N) is 1. The first kappa shape index (κ1) is 18.6. The summed E-state index contributed by atoms with van der Waals surface area (Å²) in [5.41, 5.74) is 2.53. The molecule has 1 aromatic heterocycles. The number of carbonyl (C=O) groups is 1. The molecule has 0 atom stereocenters. The minimum atomic E-state index is -0.146. The molecule has 0 aliphatic heterocycles. The second-order valence-electron chi connectivity index (χ2n) is 6.20. The van der Waals surface area contributed by atoms with E-state index in [1.54, 1.807) is 11.0 Å². The third kappa shape index (κ3) is 5.14. The number of hydrogen-bond donors (Lipinski definition) is 1. The van der Waals surface area contributed by atoms with Crippen LogP contribution < -0.4 is 10.2 Å². The van der Waals surface area contributed by atoms with E-state index in [1.807, 2.05) is 49.4 Å². The van der Waals surface area contributed by atoms with E-state index in [1.165, 1.54) is 5.56 Å². The van der Waals surface area contributed by atoms with Crippen LogP contribution in [0.25, 0.3) is 0 Å². The largest absolute Gasteiger partial charge is 0.369 e. The number of hydrogen-bond acceptors (Lipinski definition) is 4. The van der Waals surface area contributed by atoms with Gasteiger partial charge in [-0.05, 0) is 49.6 Å². The summed E-state index contributed by atoms with van der Waals surface area (Å²) in [7, 11) is 0. The molecule has 27 heavy (non-hydrogen) atoms. The molecule has 0 aliphatic carbocycles. The van der Waals surface area contributed by atoms with Crippen molar-refractivity contribution in [3.63, 3.8) is 0 Å².